The molecule has 2 heterocycles. The van der Waals surface area contributed by atoms with Gasteiger partial charge in [-0.2, -0.15) is 4.98 Å². The maximum absolute atomic E-state index is 5.99. The second-order valence-corrected chi connectivity index (χ2v) is 8.34. The first kappa shape index (κ1) is 20.1. The van der Waals surface area contributed by atoms with Crippen LogP contribution in [0, 0.1) is 6.92 Å². The van der Waals surface area contributed by atoms with Crippen molar-refractivity contribution in [2.24, 2.45) is 0 Å². The first-order valence-electron chi connectivity index (χ1n) is 9.57. The average molecular weight is 433 g/mol. The minimum Gasteiger partial charge on any atom is -0.383 e. The van der Waals surface area contributed by atoms with Crippen molar-refractivity contribution in [1.82, 2.24) is 9.97 Å². The summed E-state index contributed by atoms with van der Waals surface area (Å²) in [5.41, 5.74) is 10.8. The summed E-state index contributed by atoms with van der Waals surface area (Å²) < 4.78 is 6.53. The third-order valence-electron chi connectivity index (χ3n) is 5.48. The summed E-state index contributed by atoms with van der Waals surface area (Å²) >= 11 is 3.84. The molecule has 1 aliphatic heterocycles. The number of halogens is 1. The van der Waals surface area contributed by atoms with Crippen molar-refractivity contribution in [3.8, 4) is 0 Å². The maximum Gasteiger partial charge on any atom is 0.222 e. The standard InChI is InChI=1S/C21H29BrN4O/c1-6-15-18-13(4)24-21(23)25-20(18)26(9-10-27-5)19(15)16-8-7-14(12(2)3)11-17(16)22/h7-8,11-12,15,19H,6,9-10H2,1-5H3,(H2,23,24,25). The number of fused-ring (bicyclic) bond motifs is 1. The fraction of sp³-hybridized carbons (Fsp3) is 0.524. The second kappa shape index (κ2) is 8.15. The van der Waals surface area contributed by atoms with Gasteiger partial charge in [0.05, 0.1) is 12.6 Å². The molecule has 146 valence electrons. The number of nitrogens with two attached hydrogens (primary N) is 1. The summed E-state index contributed by atoms with van der Waals surface area (Å²) in [6, 6.07) is 6.93. The highest BCUT2D eigenvalue weighted by atomic mass is 79.9. The normalized spacial score (nSPS) is 19.0. The van der Waals surface area contributed by atoms with Crippen molar-refractivity contribution in [3.05, 3.63) is 45.1 Å². The Bertz CT molecular complexity index is 824. The fourth-order valence-electron chi connectivity index (χ4n) is 4.14. The zero-order valence-electron chi connectivity index (χ0n) is 16.8. The zero-order valence-corrected chi connectivity index (χ0v) is 18.4. The summed E-state index contributed by atoms with van der Waals surface area (Å²) in [4.78, 5) is 11.4. The molecular formula is C21H29BrN4O. The van der Waals surface area contributed by atoms with E-state index < -0.39 is 0 Å². The van der Waals surface area contributed by atoms with Crippen LogP contribution in [0.15, 0.2) is 22.7 Å². The van der Waals surface area contributed by atoms with E-state index in [0.717, 1.165) is 29.0 Å². The van der Waals surface area contributed by atoms with Crippen LogP contribution in [0.2, 0.25) is 0 Å². The van der Waals surface area contributed by atoms with Crippen LogP contribution in [0.5, 0.6) is 0 Å². The molecule has 0 bridgehead atoms. The van der Waals surface area contributed by atoms with Gasteiger partial charge in [0.2, 0.25) is 5.95 Å². The second-order valence-electron chi connectivity index (χ2n) is 7.49. The van der Waals surface area contributed by atoms with Gasteiger partial charge in [0, 0.05) is 35.3 Å². The summed E-state index contributed by atoms with van der Waals surface area (Å²) in [7, 11) is 1.73. The summed E-state index contributed by atoms with van der Waals surface area (Å²) in [6.45, 7) is 10.1. The van der Waals surface area contributed by atoms with Gasteiger partial charge in [-0.3, -0.25) is 0 Å². The van der Waals surface area contributed by atoms with Crippen LogP contribution in [-0.2, 0) is 4.74 Å². The molecule has 27 heavy (non-hydrogen) atoms. The number of rotatable bonds is 6. The Hall–Kier alpha value is -1.66. The Morgan fingerprint density at radius 1 is 1.30 bits per heavy atom. The van der Waals surface area contributed by atoms with Gasteiger partial charge in [-0.1, -0.05) is 48.8 Å². The summed E-state index contributed by atoms with van der Waals surface area (Å²) in [6.07, 6.45) is 1.01. The molecule has 2 N–H and O–H groups in total. The van der Waals surface area contributed by atoms with Crippen LogP contribution in [0.4, 0.5) is 11.8 Å². The van der Waals surface area contributed by atoms with E-state index in [4.69, 9.17) is 10.5 Å². The Morgan fingerprint density at radius 2 is 2.04 bits per heavy atom. The smallest absolute Gasteiger partial charge is 0.222 e. The van der Waals surface area contributed by atoms with E-state index in [-0.39, 0.29) is 6.04 Å². The zero-order chi connectivity index (χ0) is 19.7. The van der Waals surface area contributed by atoms with E-state index in [9.17, 15) is 0 Å². The van der Waals surface area contributed by atoms with Crippen LogP contribution >= 0.6 is 15.9 Å². The number of hydrogen-bond acceptors (Lipinski definition) is 5. The molecular weight excluding hydrogens is 404 g/mol. The molecule has 0 spiro atoms. The molecule has 2 unspecified atom stereocenters. The molecule has 1 aliphatic rings. The van der Waals surface area contributed by atoms with Crippen LogP contribution in [0.3, 0.4) is 0 Å². The van der Waals surface area contributed by atoms with Crippen molar-refractivity contribution in [2.75, 3.05) is 30.9 Å². The molecule has 2 atom stereocenters. The predicted molar refractivity (Wildman–Crippen MR) is 114 cm³/mol. The molecule has 0 saturated carbocycles. The largest absolute Gasteiger partial charge is 0.383 e. The number of methoxy groups -OCH3 is 1. The molecule has 0 saturated heterocycles. The average Bonchev–Trinajstić information content (AvgIpc) is 2.93. The molecule has 0 amide bonds. The van der Waals surface area contributed by atoms with Crippen molar-refractivity contribution in [2.45, 2.75) is 52.0 Å². The lowest BCUT2D eigenvalue weighted by Gasteiger charge is -2.31. The molecule has 6 heteroatoms. The van der Waals surface area contributed by atoms with Crippen LogP contribution in [-0.4, -0.2) is 30.2 Å². The summed E-state index contributed by atoms with van der Waals surface area (Å²) in [5.74, 6) is 2.10. The fourth-order valence-corrected chi connectivity index (χ4v) is 4.77. The third kappa shape index (κ3) is 3.69. The van der Waals surface area contributed by atoms with E-state index >= 15 is 0 Å². The minimum atomic E-state index is 0.186. The van der Waals surface area contributed by atoms with Crippen LogP contribution in [0.25, 0.3) is 0 Å². The van der Waals surface area contributed by atoms with Crippen LogP contribution < -0.4 is 10.6 Å². The first-order chi connectivity index (χ1) is 12.9. The number of aryl methyl sites for hydroxylation is 1. The van der Waals surface area contributed by atoms with Gasteiger partial charge >= 0.3 is 0 Å². The van der Waals surface area contributed by atoms with Crippen molar-refractivity contribution >= 4 is 27.7 Å². The number of benzene rings is 1. The lowest BCUT2D eigenvalue weighted by atomic mass is 9.87. The van der Waals surface area contributed by atoms with Crippen LogP contribution in [0.1, 0.15) is 67.5 Å². The van der Waals surface area contributed by atoms with Crippen molar-refractivity contribution < 1.29 is 4.74 Å². The van der Waals surface area contributed by atoms with Gasteiger partial charge in [0.1, 0.15) is 5.82 Å². The Balaban J connectivity index is 2.13. The number of ether oxygens (including phenoxy) is 1. The highest BCUT2D eigenvalue weighted by Crippen LogP contribution is 2.52. The number of anilines is 2. The number of aromatic nitrogens is 2. The van der Waals surface area contributed by atoms with E-state index in [0.29, 0.717) is 24.4 Å². The van der Waals surface area contributed by atoms with Gasteiger partial charge in [-0.05, 0) is 36.5 Å². The lowest BCUT2D eigenvalue weighted by molar-refractivity contribution is 0.203. The minimum absolute atomic E-state index is 0.186. The van der Waals surface area contributed by atoms with E-state index in [2.05, 4.69) is 69.8 Å². The van der Waals surface area contributed by atoms with E-state index in [1.807, 2.05) is 6.92 Å². The third-order valence-corrected chi connectivity index (χ3v) is 6.17. The SMILES string of the molecule is CCC1c2c(C)nc(N)nc2N(CCOC)C1c1ccc(C(C)C)cc1Br. The Kier molecular flexibility index (Phi) is 6.06. The van der Waals surface area contributed by atoms with E-state index in [1.165, 1.54) is 16.7 Å². The van der Waals surface area contributed by atoms with Gasteiger partial charge in [-0.15, -0.1) is 0 Å². The lowest BCUT2D eigenvalue weighted by Crippen LogP contribution is -2.31. The Labute approximate surface area is 170 Å². The van der Waals surface area contributed by atoms with Gasteiger partial charge in [0.25, 0.3) is 0 Å². The maximum atomic E-state index is 5.99. The molecule has 0 fully saturated rings. The predicted octanol–water partition coefficient (Wildman–Crippen LogP) is 4.95. The van der Waals surface area contributed by atoms with Crippen molar-refractivity contribution in [3.63, 3.8) is 0 Å². The van der Waals surface area contributed by atoms with Gasteiger partial charge < -0.3 is 15.4 Å². The first-order valence-corrected chi connectivity index (χ1v) is 10.4. The molecule has 0 radical (unpaired) electrons. The number of nitrogens with zero attached hydrogens (tertiary/aromatic N) is 3. The molecule has 2 aromatic rings. The van der Waals surface area contributed by atoms with Gasteiger partial charge in [0.15, 0.2) is 0 Å². The highest BCUT2D eigenvalue weighted by molar-refractivity contribution is 9.10. The summed E-state index contributed by atoms with van der Waals surface area (Å²) in [5, 5.41) is 0. The topological polar surface area (TPSA) is 64.3 Å². The number of nitrogen functional groups attached to an aromatic ring is 1. The van der Waals surface area contributed by atoms with Gasteiger partial charge in [-0.25, -0.2) is 4.98 Å². The quantitative estimate of drug-likeness (QED) is 0.698. The molecule has 1 aromatic carbocycles. The molecule has 0 aliphatic carbocycles. The Morgan fingerprint density at radius 3 is 2.63 bits per heavy atom. The highest BCUT2D eigenvalue weighted by Gasteiger charge is 2.41. The molecule has 5 nitrogen and oxygen atoms in total. The molecule has 1 aromatic heterocycles. The monoisotopic (exact) mass is 432 g/mol. The molecule has 3 rings (SSSR count). The number of hydrogen-bond donors (Lipinski definition) is 1. The van der Waals surface area contributed by atoms with Crippen molar-refractivity contribution in [1.29, 1.82) is 0 Å². The van der Waals surface area contributed by atoms with E-state index in [1.54, 1.807) is 7.11 Å².